The zero-order valence-electron chi connectivity index (χ0n) is 12.0. The summed E-state index contributed by atoms with van der Waals surface area (Å²) in [6.45, 7) is 12.4. The van der Waals surface area contributed by atoms with Crippen LogP contribution in [0.2, 0.25) is 0 Å². The molecule has 0 aromatic heterocycles. The molecule has 0 aromatic rings. The Morgan fingerprint density at radius 2 is 1.94 bits per heavy atom. The van der Waals surface area contributed by atoms with Gasteiger partial charge in [-0.2, -0.15) is 0 Å². The van der Waals surface area contributed by atoms with Gasteiger partial charge >= 0.3 is 0 Å². The highest BCUT2D eigenvalue weighted by Crippen LogP contribution is 2.30. The van der Waals surface area contributed by atoms with E-state index in [2.05, 4.69) is 44.9 Å². The summed E-state index contributed by atoms with van der Waals surface area (Å²) in [6, 6.07) is 0.543. The summed E-state index contributed by atoms with van der Waals surface area (Å²) in [5.41, 5.74) is 0. The van der Waals surface area contributed by atoms with Crippen LogP contribution in [0.25, 0.3) is 0 Å². The Morgan fingerprint density at radius 3 is 2.47 bits per heavy atom. The van der Waals surface area contributed by atoms with Crippen LogP contribution in [0.1, 0.15) is 53.9 Å². The monoisotopic (exact) mass is 256 g/mol. The molecule has 1 rings (SSSR count). The lowest BCUT2D eigenvalue weighted by atomic mass is 9.99. The minimum Gasteiger partial charge on any atom is -0.362 e. The van der Waals surface area contributed by atoms with Crippen LogP contribution in [0.4, 0.5) is 0 Å². The molecule has 0 aromatic carbocycles. The Balaban J connectivity index is 2.34. The van der Waals surface area contributed by atoms with Crippen molar-refractivity contribution in [3.63, 3.8) is 0 Å². The molecule has 0 saturated carbocycles. The van der Waals surface area contributed by atoms with Crippen LogP contribution < -0.4 is 5.32 Å². The number of nitrogens with one attached hydrogen (secondary N) is 1. The summed E-state index contributed by atoms with van der Waals surface area (Å²) in [7, 11) is 0. The molecule has 0 aliphatic carbocycles. The van der Waals surface area contributed by atoms with E-state index >= 15 is 0 Å². The standard InChI is InChI=1S/C14H28N2S/c1-6-12(7-2)13-9-15-14(17-13)16-11(5)8-10(3)4/h10-13H,6-9H2,1-5H3,(H,15,16). The summed E-state index contributed by atoms with van der Waals surface area (Å²) in [6.07, 6.45) is 3.77. The molecule has 0 saturated heterocycles. The van der Waals surface area contributed by atoms with E-state index in [1.165, 1.54) is 24.4 Å². The van der Waals surface area contributed by atoms with Crippen molar-refractivity contribution in [1.29, 1.82) is 0 Å². The van der Waals surface area contributed by atoms with Gasteiger partial charge in [-0.15, -0.1) is 0 Å². The highest BCUT2D eigenvalue weighted by molar-refractivity contribution is 8.14. The van der Waals surface area contributed by atoms with Gasteiger partial charge in [0.1, 0.15) is 0 Å². The molecular formula is C14H28N2S. The number of amidine groups is 1. The summed E-state index contributed by atoms with van der Waals surface area (Å²) in [5.74, 6) is 1.57. The second-order valence-corrected chi connectivity index (χ2v) is 6.78. The van der Waals surface area contributed by atoms with Crippen LogP contribution >= 0.6 is 11.8 Å². The van der Waals surface area contributed by atoms with E-state index in [0.717, 1.165) is 18.4 Å². The van der Waals surface area contributed by atoms with Gasteiger partial charge in [0, 0.05) is 11.3 Å². The van der Waals surface area contributed by atoms with E-state index in [1.54, 1.807) is 0 Å². The van der Waals surface area contributed by atoms with Gasteiger partial charge in [-0.25, -0.2) is 0 Å². The Morgan fingerprint density at radius 1 is 1.29 bits per heavy atom. The maximum absolute atomic E-state index is 4.65. The fourth-order valence-corrected chi connectivity index (χ4v) is 3.94. The minimum atomic E-state index is 0.543. The van der Waals surface area contributed by atoms with Crippen molar-refractivity contribution in [2.75, 3.05) is 6.54 Å². The molecule has 0 radical (unpaired) electrons. The van der Waals surface area contributed by atoms with Gasteiger partial charge in [0.05, 0.1) is 6.54 Å². The van der Waals surface area contributed by atoms with Crippen LogP contribution in [0, 0.1) is 11.8 Å². The van der Waals surface area contributed by atoms with Crippen LogP contribution in [-0.4, -0.2) is 23.0 Å². The SMILES string of the molecule is CCC(CC)C1CN=C(NC(C)CC(C)C)S1. The third-order valence-electron chi connectivity index (χ3n) is 3.45. The molecule has 1 aliphatic rings. The fraction of sp³-hybridized carbons (Fsp3) is 0.929. The van der Waals surface area contributed by atoms with Crippen molar-refractivity contribution in [2.24, 2.45) is 16.8 Å². The molecule has 1 aliphatic heterocycles. The van der Waals surface area contributed by atoms with Gasteiger partial charge < -0.3 is 5.32 Å². The van der Waals surface area contributed by atoms with Gasteiger partial charge in [-0.3, -0.25) is 4.99 Å². The predicted octanol–water partition coefficient (Wildman–Crippen LogP) is 3.92. The highest BCUT2D eigenvalue weighted by atomic mass is 32.2. The van der Waals surface area contributed by atoms with Crippen LogP contribution in [0.15, 0.2) is 4.99 Å². The van der Waals surface area contributed by atoms with Crippen molar-refractivity contribution in [1.82, 2.24) is 5.32 Å². The Labute approximate surface area is 111 Å². The minimum absolute atomic E-state index is 0.543. The molecule has 1 N–H and O–H groups in total. The van der Waals surface area contributed by atoms with E-state index in [4.69, 9.17) is 0 Å². The average Bonchev–Trinajstić information content (AvgIpc) is 2.67. The summed E-state index contributed by atoms with van der Waals surface area (Å²) in [5, 5.41) is 5.44. The Kier molecular flexibility index (Phi) is 6.39. The third kappa shape index (κ3) is 4.90. The zero-order chi connectivity index (χ0) is 12.8. The normalized spacial score (nSPS) is 22.1. The van der Waals surface area contributed by atoms with Gasteiger partial charge in [0.15, 0.2) is 5.17 Å². The van der Waals surface area contributed by atoms with Crippen molar-refractivity contribution in [3.05, 3.63) is 0 Å². The zero-order valence-corrected chi connectivity index (χ0v) is 12.8. The van der Waals surface area contributed by atoms with Crippen molar-refractivity contribution < 1.29 is 0 Å². The summed E-state index contributed by atoms with van der Waals surface area (Å²) >= 11 is 1.96. The quantitative estimate of drug-likeness (QED) is 0.779. The molecule has 0 spiro atoms. The second-order valence-electron chi connectivity index (χ2n) is 5.55. The molecule has 0 bridgehead atoms. The maximum atomic E-state index is 4.65. The predicted molar refractivity (Wildman–Crippen MR) is 79.8 cm³/mol. The molecule has 1 heterocycles. The number of hydrogen-bond acceptors (Lipinski definition) is 3. The first-order valence-corrected chi connectivity index (χ1v) is 7.92. The molecule has 100 valence electrons. The summed E-state index contributed by atoms with van der Waals surface area (Å²) < 4.78 is 0. The Hall–Kier alpha value is -0.180. The second kappa shape index (κ2) is 7.30. The number of rotatable bonds is 6. The van der Waals surface area contributed by atoms with E-state index in [9.17, 15) is 0 Å². The van der Waals surface area contributed by atoms with Crippen LogP contribution in [0.5, 0.6) is 0 Å². The topological polar surface area (TPSA) is 24.4 Å². The van der Waals surface area contributed by atoms with Crippen LogP contribution in [-0.2, 0) is 0 Å². The van der Waals surface area contributed by atoms with Gasteiger partial charge in [0.25, 0.3) is 0 Å². The summed E-state index contributed by atoms with van der Waals surface area (Å²) in [4.78, 5) is 4.65. The molecular weight excluding hydrogens is 228 g/mol. The molecule has 0 fully saturated rings. The average molecular weight is 256 g/mol. The first-order valence-electron chi connectivity index (χ1n) is 7.04. The number of nitrogens with zero attached hydrogens (tertiary/aromatic N) is 1. The molecule has 2 nitrogen and oxygen atoms in total. The molecule has 17 heavy (non-hydrogen) atoms. The van der Waals surface area contributed by atoms with Crippen LogP contribution in [0.3, 0.4) is 0 Å². The van der Waals surface area contributed by atoms with Crippen molar-refractivity contribution in [3.8, 4) is 0 Å². The number of hydrogen-bond donors (Lipinski definition) is 1. The largest absolute Gasteiger partial charge is 0.362 e. The van der Waals surface area contributed by atoms with E-state index in [-0.39, 0.29) is 0 Å². The van der Waals surface area contributed by atoms with Gasteiger partial charge in [-0.1, -0.05) is 52.3 Å². The lowest BCUT2D eigenvalue weighted by Crippen LogP contribution is -2.31. The number of thioether (sulfide) groups is 1. The Bertz CT molecular complexity index is 247. The smallest absolute Gasteiger partial charge is 0.157 e. The van der Waals surface area contributed by atoms with Gasteiger partial charge in [-0.05, 0) is 25.2 Å². The molecule has 3 heteroatoms. The fourth-order valence-electron chi connectivity index (χ4n) is 2.51. The first kappa shape index (κ1) is 14.9. The lowest BCUT2D eigenvalue weighted by Gasteiger charge is -2.20. The molecule has 2 unspecified atom stereocenters. The first-order chi connectivity index (χ1) is 8.06. The lowest BCUT2D eigenvalue weighted by molar-refractivity contribution is 0.479. The van der Waals surface area contributed by atoms with E-state index < -0.39 is 0 Å². The van der Waals surface area contributed by atoms with Crippen molar-refractivity contribution >= 4 is 16.9 Å². The van der Waals surface area contributed by atoms with E-state index in [1.807, 2.05) is 11.8 Å². The van der Waals surface area contributed by atoms with Gasteiger partial charge in [0.2, 0.25) is 0 Å². The maximum Gasteiger partial charge on any atom is 0.157 e. The highest BCUT2D eigenvalue weighted by Gasteiger charge is 2.26. The van der Waals surface area contributed by atoms with Crippen molar-refractivity contribution in [2.45, 2.75) is 65.2 Å². The van der Waals surface area contributed by atoms with E-state index in [0.29, 0.717) is 11.3 Å². The molecule has 0 amide bonds. The molecule has 2 atom stereocenters. The number of aliphatic imine (C=N–C) groups is 1. The third-order valence-corrected chi connectivity index (χ3v) is 4.75.